The number of nitrogens with zero attached hydrogens (tertiary/aromatic N) is 2. The largest absolute Gasteiger partial charge is 0.486 e. The molecular weight excluding hydrogens is 432 g/mol. The lowest BCUT2D eigenvalue weighted by Crippen LogP contribution is -2.50. The van der Waals surface area contributed by atoms with Crippen LogP contribution in [0.15, 0.2) is 12.3 Å². The molecule has 1 aliphatic rings. The van der Waals surface area contributed by atoms with E-state index in [0.717, 1.165) is 26.4 Å². The summed E-state index contributed by atoms with van der Waals surface area (Å²) in [6.07, 6.45) is -20.5. The van der Waals surface area contributed by atoms with Crippen molar-refractivity contribution < 1.29 is 41.1 Å². The number of amides is 1. The normalized spacial score (nSPS) is 43.1. The van der Waals surface area contributed by atoms with Gasteiger partial charge in [-0.25, -0.2) is 18.5 Å². The van der Waals surface area contributed by atoms with Crippen LogP contribution in [0.2, 0.25) is 5.02 Å². The fourth-order valence-electron chi connectivity index (χ4n) is 1.88. The van der Waals surface area contributed by atoms with Crippen molar-refractivity contribution >= 4 is 27.7 Å². The number of rotatable bonds is 7. The van der Waals surface area contributed by atoms with Crippen LogP contribution in [0.5, 0.6) is 11.6 Å². The Bertz CT molecular complexity index is 1150. The molecule has 1 fully saturated rings. The first-order valence-electron chi connectivity index (χ1n) is 11.6. The van der Waals surface area contributed by atoms with Crippen molar-refractivity contribution in [3.63, 3.8) is 0 Å². The molecule has 0 aliphatic heterocycles. The van der Waals surface area contributed by atoms with Gasteiger partial charge in [-0.1, -0.05) is 11.6 Å². The van der Waals surface area contributed by atoms with Crippen LogP contribution in [0.3, 0.4) is 0 Å². The molecule has 1 aliphatic carbocycles. The molecule has 5 atom stereocenters. The summed E-state index contributed by atoms with van der Waals surface area (Å²) in [6.45, 7) is 3.29. The van der Waals surface area contributed by atoms with E-state index in [-0.39, 0.29) is 17.0 Å². The Balaban J connectivity index is 2.63. The number of ether oxygens (including phenoxy) is 2. The average molecular weight is 463 g/mol. The number of hydrogen-bond donors (Lipinski definition) is 1. The quantitative estimate of drug-likeness (QED) is 0.667. The molecule has 2 rings (SSSR count). The minimum atomic E-state index is -4.77. The van der Waals surface area contributed by atoms with Crippen LogP contribution in [-0.2, 0) is 15.0 Å². The minimum absolute atomic E-state index is 0.135. The van der Waals surface area contributed by atoms with Gasteiger partial charge in [-0.05, 0) is 20.2 Å². The fraction of sp³-hybridized carbons (Fsp3) is 0.647. The molecule has 164 valence electrons. The molecule has 1 aromatic heterocycles. The number of carbonyl (C=O) groups excluding carboxylic acids is 1. The molecule has 1 amide bonds. The third kappa shape index (κ3) is 6.13. The molecule has 0 radical (unpaired) electrons. The van der Waals surface area contributed by atoms with Gasteiger partial charge >= 0.3 is 10.2 Å². The molecule has 0 saturated heterocycles. The van der Waals surface area contributed by atoms with Crippen molar-refractivity contribution in [1.29, 1.82) is 0 Å². The Labute approximate surface area is 183 Å². The predicted molar refractivity (Wildman–Crippen MR) is 103 cm³/mol. The highest BCUT2D eigenvalue weighted by atomic mass is 35.5. The van der Waals surface area contributed by atoms with Crippen LogP contribution in [0, 0.1) is 5.89 Å². The topological polar surface area (TPSA) is 97.8 Å². The van der Waals surface area contributed by atoms with Gasteiger partial charge in [0.15, 0.2) is 0 Å². The Morgan fingerprint density at radius 2 is 2.10 bits per heavy atom. The monoisotopic (exact) mass is 462 g/mol. The first-order valence-corrected chi connectivity index (χ1v) is 9.88. The number of carbonyl (C=O) groups is 1. The van der Waals surface area contributed by atoms with Gasteiger partial charge in [-0.15, -0.1) is 0 Å². The lowest BCUT2D eigenvalue weighted by Gasteiger charge is -2.33. The maximum Gasteiger partial charge on any atom is 0.303 e. The summed E-state index contributed by atoms with van der Waals surface area (Å²) < 4.78 is 124. The van der Waals surface area contributed by atoms with E-state index >= 15 is 8.78 Å². The predicted octanol–water partition coefficient (Wildman–Crippen LogP) is 2.28. The highest BCUT2D eigenvalue weighted by molar-refractivity contribution is 7.87. The van der Waals surface area contributed by atoms with Crippen molar-refractivity contribution in [1.82, 2.24) is 14.0 Å². The van der Waals surface area contributed by atoms with Crippen molar-refractivity contribution in [3.8, 4) is 11.6 Å². The van der Waals surface area contributed by atoms with E-state index in [1.54, 1.807) is 13.8 Å². The van der Waals surface area contributed by atoms with E-state index in [9.17, 15) is 13.2 Å². The Morgan fingerprint density at radius 3 is 2.66 bits per heavy atom. The second-order valence-corrected chi connectivity index (χ2v) is 8.41. The molecule has 0 aromatic carbocycles. The van der Waals surface area contributed by atoms with Gasteiger partial charge in [-0.3, -0.25) is 4.79 Å². The van der Waals surface area contributed by atoms with Gasteiger partial charge in [0.25, 0.3) is 0 Å². The maximum absolute atomic E-state index is 15.8. The van der Waals surface area contributed by atoms with E-state index in [0.29, 0.717) is 4.31 Å². The van der Waals surface area contributed by atoms with Gasteiger partial charge in [0.2, 0.25) is 11.8 Å². The number of hydrogen-bond acceptors (Lipinski definition) is 6. The van der Waals surface area contributed by atoms with Gasteiger partial charge in [0.1, 0.15) is 29.1 Å². The van der Waals surface area contributed by atoms with E-state index in [2.05, 4.69) is 4.98 Å². The zero-order chi connectivity index (χ0) is 28.3. The van der Waals surface area contributed by atoms with Crippen molar-refractivity contribution in [3.05, 3.63) is 17.3 Å². The summed E-state index contributed by atoms with van der Waals surface area (Å²) in [5.41, 5.74) is 0. The van der Waals surface area contributed by atoms with Crippen molar-refractivity contribution in [2.75, 3.05) is 14.1 Å². The van der Waals surface area contributed by atoms with E-state index < -0.39 is 58.9 Å². The average Bonchev–Trinajstić information content (AvgIpc) is 2.72. The zero-order valence-corrected chi connectivity index (χ0v) is 17.4. The van der Waals surface area contributed by atoms with Crippen LogP contribution in [-0.4, -0.2) is 62.2 Å². The number of aromatic nitrogens is 1. The minimum Gasteiger partial charge on any atom is -0.486 e. The molecule has 1 saturated carbocycles. The third-order valence-corrected chi connectivity index (χ3v) is 4.92. The van der Waals surface area contributed by atoms with Crippen molar-refractivity contribution in [2.24, 2.45) is 5.89 Å². The van der Waals surface area contributed by atoms with Crippen LogP contribution >= 0.6 is 11.6 Å². The Morgan fingerprint density at radius 1 is 1.45 bits per heavy atom. The number of pyridine rings is 1. The molecule has 1 aromatic rings. The first-order chi connectivity index (χ1) is 16.0. The SMILES string of the molecule is [2H]C1C([2H])(F)C([2H])(Oc2cnc(OC(C)C)c(Cl)c2)C([2H])([2H])C([2H])(F)C1([2H])C(=O)NS(=O)(=O)N(C)C. The van der Waals surface area contributed by atoms with Gasteiger partial charge in [-0.2, -0.15) is 12.7 Å². The molecule has 1 N–H and O–H groups in total. The van der Waals surface area contributed by atoms with Gasteiger partial charge in [0, 0.05) is 32.0 Å². The van der Waals surface area contributed by atoms with Crippen LogP contribution < -0.4 is 14.2 Å². The summed E-state index contributed by atoms with van der Waals surface area (Å²) in [5, 5.41) is -0.265. The summed E-state index contributed by atoms with van der Waals surface area (Å²) in [6, 6.07) is 0.871. The Kier molecular flexibility index (Phi) is 4.90. The van der Waals surface area contributed by atoms with Gasteiger partial charge in [0.05, 0.1) is 22.3 Å². The molecule has 12 heteroatoms. The third-order valence-electron chi connectivity index (χ3n) is 3.24. The molecule has 0 bridgehead atoms. The second kappa shape index (κ2) is 9.40. The van der Waals surface area contributed by atoms with Gasteiger partial charge < -0.3 is 9.47 Å². The van der Waals surface area contributed by atoms with Crippen LogP contribution in [0.4, 0.5) is 8.78 Å². The lowest BCUT2D eigenvalue weighted by molar-refractivity contribution is -0.129. The number of halogens is 3. The van der Waals surface area contributed by atoms with Crippen LogP contribution in [0.25, 0.3) is 0 Å². The molecule has 0 spiro atoms. The molecule has 5 unspecified atom stereocenters. The molecule has 29 heavy (non-hydrogen) atoms. The smallest absolute Gasteiger partial charge is 0.303 e. The van der Waals surface area contributed by atoms with E-state index in [1.807, 2.05) is 0 Å². The summed E-state index contributed by atoms with van der Waals surface area (Å²) in [7, 11) is -2.91. The number of nitrogens with one attached hydrogen (secondary N) is 1. The highest BCUT2D eigenvalue weighted by Gasteiger charge is 2.43. The molecule has 1 heterocycles. The maximum atomic E-state index is 15.8. The number of alkyl halides is 2. The van der Waals surface area contributed by atoms with E-state index in [1.165, 1.54) is 4.72 Å². The fourth-order valence-corrected chi connectivity index (χ4v) is 2.60. The van der Waals surface area contributed by atoms with Crippen LogP contribution in [0.1, 0.15) is 36.2 Å². The summed E-state index contributed by atoms with van der Waals surface area (Å²) >= 11 is 5.98. The summed E-state index contributed by atoms with van der Waals surface area (Å²) in [4.78, 5) is 16.4. The van der Waals surface area contributed by atoms with E-state index in [4.69, 9.17) is 30.7 Å². The highest BCUT2D eigenvalue weighted by Crippen LogP contribution is 2.34. The summed E-state index contributed by atoms with van der Waals surface area (Å²) in [5.74, 6) is -7.32. The molecular formula is C17H24ClF2N3O5S. The zero-order valence-electron chi connectivity index (χ0n) is 22.8. The lowest BCUT2D eigenvalue weighted by atomic mass is 9.84. The standard InChI is InChI=1S/C17H24ClF2N3O5S/c1-9(2)27-17-12(18)5-10(8-21-17)28-15-7-13(19)11(6-14(15)20)16(24)22-29(25,26)23(3)4/h5,8-9,11,13-15H,6-7H2,1-4H3,(H,22,24)/i6D,7D2,11D,13D,14D,15D. The molecule has 8 nitrogen and oxygen atoms in total. The first kappa shape index (κ1) is 15.1. The second-order valence-electron chi connectivity index (χ2n) is 6.12. The Hall–Kier alpha value is -1.72. The van der Waals surface area contributed by atoms with Crippen molar-refractivity contribution in [2.45, 2.75) is 51.1 Å².